The number of nitrogens with zero attached hydrogens (tertiary/aromatic N) is 1. The fourth-order valence-electron chi connectivity index (χ4n) is 3.22. The van der Waals surface area contributed by atoms with Crippen LogP contribution in [-0.4, -0.2) is 65.9 Å². The van der Waals surface area contributed by atoms with Crippen molar-refractivity contribution in [3.63, 3.8) is 0 Å². The van der Waals surface area contributed by atoms with Gasteiger partial charge in [-0.05, 0) is 32.4 Å². The highest BCUT2D eigenvalue weighted by molar-refractivity contribution is 8.00. The van der Waals surface area contributed by atoms with Crippen molar-refractivity contribution in [2.24, 2.45) is 5.41 Å². The summed E-state index contributed by atoms with van der Waals surface area (Å²) in [6.45, 7) is 3.89. The molecular weight excluding hydrogens is 292 g/mol. The van der Waals surface area contributed by atoms with Crippen molar-refractivity contribution in [3.05, 3.63) is 0 Å². The van der Waals surface area contributed by atoms with Crippen LogP contribution < -0.4 is 5.32 Å². The van der Waals surface area contributed by atoms with Crippen LogP contribution in [0.2, 0.25) is 0 Å². The summed E-state index contributed by atoms with van der Waals surface area (Å²) in [6, 6.07) is -0.712. The van der Waals surface area contributed by atoms with E-state index in [0.717, 1.165) is 19.5 Å². The number of rotatable bonds is 5. The number of nitrogens with one attached hydrogen (secondary N) is 1. The fraction of sp³-hybridized carbons (Fsp3) is 0.857. The molecule has 0 aromatic heterocycles. The Bertz CT molecular complexity index is 393. The molecule has 2 rings (SSSR count). The van der Waals surface area contributed by atoms with Crippen LogP contribution in [0.5, 0.6) is 0 Å². The molecule has 2 fully saturated rings. The Balaban J connectivity index is 2.26. The molecule has 2 atom stereocenters. The van der Waals surface area contributed by atoms with Crippen molar-refractivity contribution >= 4 is 23.6 Å². The van der Waals surface area contributed by atoms with Crippen LogP contribution in [0.3, 0.4) is 0 Å². The maximum atomic E-state index is 13.1. The summed E-state index contributed by atoms with van der Waals surface area (Å²) in [5, 5.41) is 12.6. The van der Waals surface area contributed by atoms with Gasteiger partial charge in [-0.15, -0.1) is 11.8 Å². The van der Waals surface area contributed by atoms with Crippen molar-refractivity contribution in [1.82, 2.24) is 10.2 Å². The molecule has 7 heteroatoms. The molecule has 120 valence electrons. The predicted octanol–water partition coefficient (Wildman–Crippen LogP) is 0.767. The quantitative estimate of drug-likeness (QED) is 0.780. The van der Waals surface area contributed by atoms with Crippen molar-refractivity contribution < 1.29 is 19.4 Å². The average molecular weight is 316 g/mol. The normalized spacial score (nSPS) is 28.6. The van der Waals surface area contributed by atoms with Gasteiger partial charge < -0.3 is 20.1 Å². The topological polar surface area (TPSA) is 78.9 Å². The number of carboxylic acids is 1. The van der Waals surface area contributed by atoms with Gasteiger partial charge >= 0.3 is 5.97 Å². The molecule has 0 radical (unpaired) electrons. The van der Waals surface area contributed by atoms with Gasteiger partial charge in [0.05, 0.1) is 17.4 Å². The van der Waals surface area contributed by atoms with Crippen molar-refractivity contribution in [1.29, 1.82) is 0 Å². The largest absolute Gasteiger partial charge is 0.480 e. The fourth-order valence-corrected chi connectivity index (χ4v) is 4.56. The lowest BCUT2D eigenvalue weighted by molar-refractivity contribution is -0.158. The van der Waals surface area contributed by atoms with Crippen LogP contribution in [0.1, 0.15) is 26.2 Å². The molecule has 2 aliphatic heterocycles. The van der Waals surface area contributed by atoms with Crippen molar-refractivity contribution in [3.8, 4) is 0 Å². The number of amides is 1. The SMILES string of the molecule is CCC1SCC(C(=O)O)N1C(=O)C1(COC)CCNCC1. The number of hydrogen-bond acceptors (Lipinski definition) is 5. The molecule has 2 heterocycles. The monoisotopic (exact) mass is 316 g/mol. The van der Waals surface area contributed by atoms with E-state index in [1.54, 1.807) is 23.8 Å². The van der Waals surface area contributed by atoms with Gasteiger partial charge in [0.15, 0.2) is 0 Å². The minimum Gasteiger partial charge on any atom is -0.480 e. The van der Waals surface area contributed by atoms with Gasteiger partial charge in [-0.3, -0.25) is 4.79 Å². The molecule has 2 unspecified atom stereocenters. The number of hydrogen-bond donors (Lipinski definition) is 2. The van der Waals surface area contributed by atoms with Gasteiger partial charge in [-0.25, -0.2) is 4.79 Å². The Hall–Kier alpha value is -0.790. The zero-order valence-corrected chi connectivity index (χ0v) is 13.4. The number of carbonyl (C=O) groups is 2. The lowest BCUT2D eigenvalue weighted by Gasteiger charge is -2.41. The average Bonchev–Trinajstić information content (AvgIpc) is 2.91. The van der Waals surface area contributed by atoms with E-state index >= 15 is 0 Å². The minimum atomic E-state index is -0.909. The molecule has 6 nitrogen and oxygen atoms in total. The Morgan fingerprint density at radius 2 is 2.10 bits per heavy atom. The Kier molecular flexibility index (Phi) is 5.51. The maximum Gasteiger partial charge on any atom is 0.327 e. The van der Waals surface area contributed by atoms with Gasteiger partial charge in [0.1, 0.15) is 6.04 Å². The Morgan fingerprint density at radius 1 is 1.43 bits per heavy atom. The Labute approximate surface area is 129 Å². The maximum absolute atomic E-state index is 13.1. The molecular formula is C14H24N2O4S. The minimum absolute atomic E-state index is 0.0396. The molecule has 0 aromatic carbocycles. The predicted molar refractivity (Wildman–Crippen MR) is 81.2 cm³/mol. The lowest BCUT2D eigenvalue weighted by Crippen LogP contribution is -2.56. The third-order valence-corrected chi connectivity index (χ3v) is 5.85. The molecule has 0 aromatic rings. The van der Waals surface area contributed by atoms with Gasteiger partial charge in [0, 0.05) is 12.9 Å². The van der Waals surface area contributed by atoms with Gasteiger partial charge in [0.2, 0.25) is 5.91 Å². The van der Waals surface area contributed by atoms with Crippen LogP contribution >= 0.6 is 11.8 Å². The van der Waals surface area contributed by atoms with E-state index in [0.29, 0.717) is 25.2 Å². The first-order chi connectivity index (χ1) is 10.1. The second-order valence-electron chi connectivity index (χ2n) is 5.73. The number of aliphatic carboxylic acids is 1. The molecule has 0 aliphatic carbocycles. The number of thioether (sulfide) groups is 1. The molecule has 2 saturated heterocycles. The molecule has 2 aliphatic rings. The highest BCUT2D eigenvalue weighted by Crippen LogP contribution is 2.39. The van der Waals surface area contributed by atoms with E-state index in [9.17, 15) is 14.7 Å². The molecule has 0 spiro atoms. The Morgan fingerprint density at radius 3 is 2.62 bits per heavy atom. The van der Waals surface area contributed by atoms with Gasteiger partial charge in [-0.1, -0.05) is 6.92 Å². The lowest BCUT2D eigenvalue weighted by atomic mass is 9.78. The summed E-state index contributed by atoms with van der Waals surface area (Å²) in [5.74, 6) is -0.482. The number of methoxy groups -OCH3 is 1. The van der Waals surface area contributed by atoms with Crippen LogP contribution in [-0.2, 0) is 14.3 Å². The van der Waals surface area contributed by atoms with Crippen molar-refractivity contribution in [2.45, 2.75) is 37.6 Å². The smallest absolute Gasteiger partial charge is 0.327 e. The van der Waals surface area contributed by atoms with E-state index in [1.165, 1.54) is 0 Å². The number of carbonyl (C=O) groups excluding carboxylic acids is 1. The molecule has 0 saturated carbocycles. The highest BCUT2D eigenvalue weighted by Gasteiger charge is 2.49. The summed E-state index contributed by atoms with van der Waals surface area (Å²) in [4.78, 5) is 26.2. The molecule has 1 amide bonds. The zero-order valence-electron chi connectivity index (χ0n) is 12.6. The van der Waals surface area contributed by atoms with Crippen LogP contribution in [0.25, 0.3) is 0 Å². The van der Waals surface area contributed by atoms with Crippen LogP contribution in [0, 0.1) is 5.41 Å². The van der Waals surface area contributed by atoms with E-state index in [4.69, 9.17) is 4.74 Å². The molecule has 21 heavy (non-hydrogen) atoms. The van der Waals surface area contributed by atoms with Gasteiger partial charge in [0.25, 0.3) is 0 Å². The summed E-state index contributed by atoms with van der Waals surface area (Å²) in [5.41, 5.74) is -0.577. The van der Waals surface area contributed by atoms with E-state index in [1.807, 2.05) is 6.92 Å². The molecule has 2 N–H and O–H groups in total. The van der Waals surface area contributed by atoms with Crippen LogP contribution in [0.15, 0.2) is 0 Å². The third kappa shape index (κ3) is 3.19. The van der Waals surface area contributed by atoms with E-state index < -0.39 is 17.4 Å². The highest BCUT2D eigenvalue weighted by atomic mass is 32.2. The second-order valence-corrected chi connectivity index (χ2v) is 6.94. The molecule has 0 bridgehead atoms. The first-order valence-corrected chi connectivity index (χ1v) is 8.47. The van der Waals surface area contributed by atoms with Crippen molar-refractivity contribution in [2.75, 3.05) is 32.6 Å². The first kappa shape index (κ1) is 16.6. The standard InChI is InChI=1S/C14H24N2O4S/c1-3-11-16(10(8-21-11)12(17)18)13(19)14(9-20-2)4-6-15-7-5-14/h10-11,15H,3-9H2,1-2H3,(H,17,18). The third-order valence-electron chi connectivity index (χ3n) is 4.40. The second kappa shape index (κ2) is 6.98. The van der Waals surface area contributed by atoms with Gasteiger partial charge in [-0.2, -0.15) is 0 Å². The first-order valence-electron chi connectivity index (χ1n) is 7.42. The summed E-state index contributed by atoms with van der Waals surface area (Å²) >= 11 is 1.56. The summed E-state index contributed by atoms with van der Waals surface area (Å²) in [6.07, 6.45) is 2.16. The van der Waals surface area contributed by atoms with Crippen LogP contribution in [0.4, 0.5) is 0 Å². The zero-order chi connectivity index (χ0) is 15.5. The summed E-state index contributed by atoms with van der Waals surface area (Å²) < 4.78 is 5.30. The number of ether oxygens (including phenoxy) is 1. The summed E-state index contributed by atoms with van der Waals surface area (Å²) in [7, 11) is 1.60. The number of carboxylic acid groups (broad SMARTS) is 1. The van der Waals surface area contributed by atoms with E-state index in [-0.39, 0.29) is 11.3 Å². The number of piperidine rings is 1. The van der Waals surface area contributed by atoms with E-state index in [2.05, 4.69) is 5.32 Å².